The minimum atomic E-state index is -0.295. The van der Waals surface area contributed by atoms with Crippen molar-refractivity contribution in [2.24, 2.45) is 0 Å². The van der Waals surface area contributed by atoms with E-state index in [9.17, 15) is 4.79 Å². The minimum Gasteiger partial charge on any atom is -0.346 e. The molecule has 0 unspecified atom stereocenters. The van der Waals surface area contributed by atoms with Gasteiger partial charge < -0.3 is 10.2 Å². The lowest BCUT2D eigenvalue weighted by Crippen LogP contribution is -2.41. The fourth-order valence-electron chi connectivity index (χ4n) is 2.08. The standard InChI is InChI=1S/C17H22N4O/c1-5-21(13-9-7-6-8-10-13)15-12-11-14(19-20-15)16(22)18-17(2,3)4/h6-12H,5H2,1-4H3,(H,18,22). The Bertz CT molecular complexity index is 617. The predicted octanol–water partition coefficient (Wildman–Crippen LogP) is 3.16. The van der Waals surface area contributed by atoms with E-state index < -0.39 is 0 Å². The van der Waals surface area contributed by atoms with Crippen molar-refractivity contribution < 1.29 is 4.79 Å². The zero-order valence-electron chi connectivity index (χ0n) is 13.5. The zero-order valence-corrected chi connectivity index (χ0v) is 13.5. The molecule has 0 aliphatic carbocycles. The van der Waals surface area contributed by atoms with Gasteiger partial charge in [0.05, 0.1) is 0 Å². The van der Waals surface area contributed by atoms with Gasteiger partial charge in [0.25, 0.3) is 5.91 Å². The monoisotopic (exact) mass is 298 g/mol. The Hall–Kier alpha value is -2.43. The van der Waals surface area contributed by atoms with Gasteiger partial charge in [0, 0.05) is 17.8 Å². The molecule has 2 aromatic rings. The molecule has 22 heavy (non-hydrogen) atoms. The lowest BCUT2D eigenvalue weighted by atomic mass is 10.1. The molecule has 0 bridgehead atoms. The highest BCUT2D eigenvalue weighted by Gasteiger charge is 2.17. The molecule has 0 aliphatic heterocycles. The average molecular weight is 298 g/mol. The Labute approximate surface area is 131 Å². The molecule has 1 aromatic carbocycles. The van der Waals surface area contributed by atoms with Crippen LogP contribution in [0, 0.1) is 0 Å². The molecule has 1 N–H and O–H groups in total. The zero-order chi connectivity index (χ0) is 16.2. The van der Waals surface area contributed by atoms with Gasteiger partial charge in [0.2, 0.25) is 0 Å². The van der Waals surface area contributed by atoms with Crippen LogP contribution in [0.1, 0.15) is 38.2 Å². The maximum absolute atomic E-state index is 12.1. The summed E-state index contributed by atoms with van der Waals surface area (Å²) in [6, 6.07) is 13.5. The molecule has 0 aliphatic rings. The van der Waals surface area contributed by atoms with Crippen LogP contribution in [0.5, 0.6) is 0 Å². The van der Waals surface area contributed by atoms with E-state index in [-0.39, 0.29) is 11.4 Å². The van der Waals surface area contributed by atoms with Gasteiger partial charge >= 0.3 is 0 Å². The molecule has 5 nitrogen and oxygen atoms in total. The van der Waals surface area contributed by atoms with Crippen LogP contribution in [0.25, 0.3) is 0 Å². The van der Waals surface area contributed by atoms with Gasteiger partial charge in [-0.2, -0.15) is 0 Å². The second-order valence-corrected chi connectivity index (χ2v) is 6.06. The number of anilines is 2. The molecule has 1 aromatic heterocycles. The lowest BCUT2D eigenvalue weighted by Gasteiger charge is -2.22. The molecule has 0 radical (unpaired) electrons. The van der Waals surface area contributed by atoms with Crippen LogP contribution in [-0.2, 0) is 0 Å². The number of aromatic nitrogens is 2. The highest BCUT2D eigenvalue weighted by atomic mass is 16.2. The van der Waals surface area contributed by atoms with E-state index in [1.54, 1.807) is 6.07 Å². The number of nitrogens with one attached hydrogen (secondary N) is 1. The summed E-state index contributed by atoms with van der Waals surface area (Å²) in [6.45, 7) is 8.61. The molecular weight excluding hydrogens is 276 g/mol. The molecule has 1 amide bonds. The summed E-state index contributed by atoms with van der Waals surface area (Å²) in [5.74, 6) is 0.510. The third-order valence-corrected chi connectivity index (χ3v) is 3.03. The Morgan fingerprint density at radius 2 is 1.77 bits per heavy atom. The minimum absolute atomic E-state index is 0.214. The van der Waals surface area contributed by atoms with Crippen LogP contribution in [0.2, 0.25) is 0 Å². The van der Waals surface area contributed by atoms with Gasteiger partial charge in [0.1, 0.15) is 0 Å². The number of hydrogen-bond acceptors (Lipinski definition) is 4. The molecule has 1 heterocycles. The van der Waals surface area contributed by atoms with Crippen LogP contribution in [0.15, 0.2) is 42.5 Å². The second-order valence-electron chi connectivity index (χ2n) is 6.06. The molecule has 5 heteroatoms. The van der Waals surface area contributed by atoms with Gasteiger partial charge in [-0.1, -0.05) is 18.2 Å². The SMILES string of the molecule is CCN(c1ccccc1)c1ccc(C(=O)NC(C)(C)C)nn1. The van der Waals surface area contributed by atoms with Crippen molar-refractivity contribution >= 4 is 17.4 Å². The lowest BCUT2D eigenvalue weighted by molar-refractivity contribution is 0.0913. The van der Waals surface area contributed by atoms with E-state index in [1.807, 2.05) is 62.1 Å². The van der Waals surface area contributed by atoms with Crippen molar-refractivity contribution in [1.29, 1.82) is 0 Å². The first-order valence-corrected chi connectivity index (χ1v) is 7.39. The van der Waals surface area contributed by atoms with Crippen LogP contribution >= 0.6 is 0 Å². The fraction of sp³-hybridized carbons (Fsp3) is 0.353. The normalized spacial score (nSPS) is 11.1. The largest absolute Gasteiger partial charge is 0.346 e. The van der Waals surface area contributed by atoms with Crippen molar-refractivity contribution in [1.82, 2.24) is 15.5 Å². The summed E-state index contributed by atoms with van der Waals surface area (Å²) < 4.78 is 0. The molecule has 0 saturated heterocycles. The van der Waals surface area contributed by atoms with Crippen LogP contribution < -0.4 is 10.2 Å². The number of carbonyl (C=O) groups is 1. The van der Waals surface area contributed by atoms with Crippen molar-refractivity contribution in [3.63, 3.8) is 0 Å². The van der Waals surface area contributed by atoms with E-state index in [0.717, 1.165) is 18.1 Å². The second kappa shape index (κ2) is 6.56. The van der Waals surface area contributed by atoms with Crippen LogP contribution in [-0.4, -0.2) is 28.2 Å². The highest BCUT2D eigenvalue weighted by molar-refractivity contribution is 5.92. The van der Waals surface area contributed by atoms with Crippen LogP contribution in [0.4, 0.5) is 11.5 Å². The Balaban J connectivity index is 2.19. The molecule has 116 valence electrons. The number of benzene rings is 1. The Kier molecular flexibility index (Phi) is 4.75. The third-order valence-electron chi connectivity index (χ3n) is 3.03. The van der Waals surface area contributed by atoms with E-state index in [1.165, 1.54) is 0 Å². The molecule has 2 rings (SSSR count). The first kappa shape index (κ1) is 15.9. The molecule has 0 saturated carbocycles. The molecule has 0 spiro atoms. The van der Waals surface area contributed by atoms with Crippen LogP contribution in [0.3, 0.4) is 0 Å². The van der Waals surface area contributed by atoms with E-state index in [2.05, 4.69) is 22.4 Å². The van der Waals surface area contributed by atoms with Crippen molar-refractivity contribution in [3.05, 3.63) is 48.2 Å². The summed E-state index contributed by atoms with van der Waals surface area (Å²) in [5, 5.41) is 11.1. The van der Waals surface area contributed by atoms with Crippen molar-refractivity contribution in [3.8, 4) is 0 Å². The maximum Gasteiger partial charge on any atom is 0.272 e. The summed E-state index contributed by atoms with van der Waals surface area (Å²) in [5.41, 5.74) is 1.07. The summed E-state index contributed by atoms with van der Waals surface area (Å²) in [7, 11) is 0. The van der Waals surface area contributed by atoms with Crippen molar-refractivity contribution in [2.45, 2.75) is 33.2 Å². The number of carbonyl (C=O) groups excluding carboxylic acids is 1. The van der Waals surface area contributed by atoms with E-state index in [4.69, 9.17) is 0 Å². The number of para-hydroxylation sites is 1. The maximum atomic E-state index is 12.1. The number of hydrogen-bond donors (Lipinski definition) is 1. The summed E-state index contributed by atoms with van der Waals surface area (Å²) >= 11 is 0. The number of rotatable bonds is 4. The first-order valence-electron chi connectivity index (χ1n) is 7.39. The predicted molar refractivity (Wildman–Crippen MR) is 88.4 cm³/mol. The van der Waals surface area contributed by atoms with Gasteiger partial charge in [-0.25, -0.2) is 0 Å². The van der Waals surface area contributed by atoms with E-state index >= 15 is 0 Å². The fourth-order valence-corrected chi connectivity index (χ4v) is 2.08. The molecule has 0 atom stereocenters. The molecular formula is C17H22N4O. The van der Waals surface area contributed by atoms with Gasteiger partial charge in [-0.05, 0) is 52.0 Å². The van der Waals surface area contributed by atoms with Crippen molar-refractivity contribution in [2.75, 3.05) is 11.4 Å². The number of amides is 1. The van der Waals surface area contributed by atoms with Gasteiger partial charge in [-0.3, -0.25) is 4.79 Å². The summed E-state index contributed by atoms with van der Waals surface area (Å²) in [4.78, 5) is 14.1. The topological polar surface area (TPSA) is 58.1 Å². The smallest absolute Gasteiger partial charge is 0.272 e. The van der Waals surface area contributed by atoms with E-state index in [0.29, 0.717) is 5.69 Å². The molecule has 0 fully saturated rings. The Morgan fingerprint density at radius 1 is 1.09 bits per heavy atom. The van der Waals surface area contributed by atoms with Gasteiger partial charge in [-0.15, -0.1) is 10.2 Å². The Morgan fingerprint density at radius 3 is 2.27 bits per heavy atom. The third kappa shape index (κ3) is 4.04. The summed E-state index contributed by atoms with van der Waals surface area (Å²) in [6.07, 6.45) is 0. The highest BCUT2D eigenvalue weighted by Crippen LogP contribution is 2.22. The number of nitrogens with zero attached hydrogens (tertiary/aromatic N) is 3. The quantitative estimate of drug-likeness (QED) is 0.942. The average Bonchev–Trinajstić information content (AvgIpc) is 2.48. The first-order chi connectivity index (χ1) is 10.4. The van der Waals surface area contributed by atoms with Gasteiger partial charge in [0.15, 0.2) is 11.5 Å².